The summed E-state index contributed by atoms with van der Waals surface area (Å²) >= 11 is 0. The molecule has 5 aromatic heterocycles. The predicted molar refractivity (Wildman–Crippen MR) is 183 cm³/mol. The third-order valence-corrected chi connectivity index (χ3v) is 6.47. The first kappa shape index (κ1) is 46.0. The van der Waals surface area contributed by atoms with Gasteiger partial charge in [-0.3, -0.25) is 28.7 Å². The summed E-state index contributed by atoms with van der Waals surface area (Å²) in [6.45, 7) is 13.2. The molecule has 0 aliphatic carbocycles. The maximum atomic E-state index is 13.2. The Morgan fingerprint density at radius 1 is 0.491 bits per heavy atom. The predicted octanol–water partition coefficient (Wildman–Crippen LogP) is 10.6. The van der Waals surface area contributed by atoms with Gasteiger partial charge in [0.1, 0.15) is 5.69 Å². The fourth-order valence-electron chi connectivity index (χ4n) is 3.63. The minimum atomic E-state index is -1.93. The molecule has 0 spiro atoms. The van der Waals surface area contributed by atoms with Crippen molar-refractivity contribution in [2.24, 2.45) is 0 Å². The van der Waals surface area contributed by atoms with E-state index in [1.165, 1.54) is 35.5 Å². The van der Waals surface area contributed by atoms with Crippen LogP contribution >= 0.6 is 0 Å². The molecule has 0 fully saturated rings. The Balaban J connectivity index is 0.000000340. The standard InChI is InChI=1S/C10H4F4N2.2C9H13N.C6HF4.C5H5N.Fe/c11-6-7(12)9(16-10(14)8(6)13)5-3-1-2-4-15-5;2*1-9(2,3)8-4-6-10-7-5-8;7-3-1-2-4(8)6(10)5(3)9;1-2-4-6-5-3-1;/h1-4H;2*4-7H,1-3H3;1H;1-5H;/q;;;-1;;. The Labute approximate surface area is 314 Å². The quantitative estimate of drug-likeness (QED) is 0.0415. The molecule has 0 bridgehead atoms. The van der Waals surface area contributed by atoms with Crippen molar-refractivity contribution < 1.29 is 52.2 Å². The van der Waals surface area contributed by atoms with E-state index in [0.717, 1.165) is 0 Å². The number of rotatable bonds is 1. The van der Waals surface area contributed by atoms with Gasteiger partial charge in [0.05, 0.1) is 17.3 Å². The van der Waals surface area contributed by atoms with Gasteiger partial charge in [0.15, 0.2) is 5.82 Å². The Hall–Kier alpha value is -5.07. The van der Waals surface area contributed by atoms with Gasteiger partial charge in [0.25, 0.3) is 5.95 Å². The minimum Gasteiger partial charge on any atom is -0.281 e. The van der Waals surface area contributed by atoms with Gasteiger partial charge in [-0.1, -0.05) is 53.7 Å². The number of pyridine rings is 5. The van der Waals surface area contributed by atoms with Gasteiger partial charge >= 0.3 is 0 Å². The maximum Gasteiger partial charge on any atom is 0.252 e. The maximum absolute atomic E-state index is 13.2. The summed E-state index contributed by atoms with van der Waals surface area (Å²) in [6.07, 6.45) is 12.1. The second-order valence-electron chi connectivity index (χ2n) is 12.5. The average Bonchev–Trinajstić information content (AvgIpc) is 3.15. The minimum absolute atomic E-state index is 0. The van der Waals surface area contributed by atoms with Gasteiger partial charge < -0.3 is 0 Å². The monoisotopic (exact) mass is 782 g/mol. The fraction of sp³-hybridized carbons (Fsp3) is 0.205. The van der Waals surface area contributed by atoms with Crippen LogP contribution in [0, 0.1) is 52.7 Å². The SMILES string of the molecule is CC(C)(C)c1ccncc1.CC(C)(C)c1ccncc1.Fc1[c-]cc(F)c(F)c1F.Fc1nc(-c2ccccn2)c(F)c(F)c1F.[Fe].c1ccncc1. The van der Waals surface area contributed by atoms with Crippen molar-refractivity contribution in [3.8, 4) is 11.4 Å². The summed E-state index contributed by atoms with van der Waals surface area (Å²) in [5.41, 5.74) is 2.45. The van der Waals surface area contributed by atoms with Crippen molar-refractivity contribution in [3.05, 3.63) is 174 Å². The molecule has 0 aliphatic rings. The summed E-state index contributed by atoms with van der Waals surface area (Å²) in [7, 11) is 0. The topological polar surface area (TPSA) is 64.5 Å². The number of nitrogens with zero attached hydrogens (tertiary/aromatic N) is 5. The summed E-state index contributed by atoms with van der Waals surface area (Å²) < 4.78 is 99.3. The van der Waals surface area contributed by atoms with E-state index in [2.05, 4.69) is 90.7 Å². The molecule has 6 aromatic rings. The largest absolute Gasteiger partial charge is 0.281 e. The van der Waals surface area contributed by atoms with Gasteiger partial charge in [-0.15, -0.1) is 12.1 Å². The molecule has 14 heteroatoms. The van der Waals surface area contributed by atoms with E-state index >= 15 is 0 Å². The van der Waals surface area contributed by atoms with Crippen LogP contribution < -0.4 is 0 Å². The first-order chi connectivity index (χ1) is 24.4. The molecule has 5 heterocycles. The zero-order valence-electron chi connectivity index (χ0n) is 29.5. The van der Waals surface area contributed by atoms with Crippen molar-refractivity contribution in [1.82, 2.24) is 24.9 Å². The molecule has 6 rings (SSSR count). The van der Waals surface area contributed by atoms with Gasteiger partial charge in [0.2, 0.25) is 11.6 Å². The average molecular weight is 783 g/mol. The summed E-state index contributed by atoms with van der Waals surface area (Å²) in [5.74, 6) is -13.7. The van der Waals surface area contributed by atoms with Crippen LogP contribution in [0.3, 0.4) is 0 Å². The fourth-order valence-corrected chi connectivity index (χ4v) is 3.63. The van der Waals surface area contributed by atoms with Gasteiger partial charge in [-0.2, -0.15) is 8.78 Å². The van der Waals surface area contributed by atoms with Gasteiger partial charge in [0, 0.05) is 72.1 Å². The van der Waals surface area contributed by atoms with Gasteiger partial charge in [-0.05, 0) is 70.5 Å². The van der Waals surface area contributed by atoms with E-state index < -0.39 is 52.4 Å². The van der Waals surface area contributed by atoms with Crippen molar-refractivity contribution >= 4 is 0 Å². The molecule has 5 nitrogen and oxygen atoms in total. The normalized spacial score (nSPS) is 10.3. The van der Waals surface area contributed by atoms with E-state index in [-0.39, 0.29) is 33.6 Å². The zero-order valence-corrected chi connectivity index (χ0v) is 30.6. The van der Waals surface area contributed by atoms with Crippen LogP contribution in [-0.2, 0) is 27.9 Å². The molecule has 1 aromatic carbocycles. The van der Waals surface area contributed by atoms with Gasteiger partial charge in [-0.25, -0.2) is 22.5 Å². The molecule has 53 heavy (non-hydrogen) atoms. The number of aromatic nitrogens is 5. The third kappa shape index (κ3) is 15.6. The van der Waals surface area contributed by atoms with Crippen LogP contribution in [-0.4, -0.2) is 24.9 Å². The molecule has 282 valence electrons. The van der Waals surface area contributed by atoms with Crippen LogP contribution in [0.1, 0.15) is 52.7 Å². The van der Waals surface area contributed by atoms with Crippen LogP contribution in [0.5, 0.6) is 0 Å². The summed E-state index contributed by atoms with van der Waals surface area (Å²) in [4.78, 5) is 18.4. The van der Waals surface area contributed by atoms with E-state index in [4.69, 9.17) is 0 Å². The number of hydrogen-bond acceptors (Lipinski definition) is 5. The molecule has 0 unspecified atom stereocenters. The van der Waals surface area contributed by atoms with Crippen LogP contribution in [0.25, 0.3) is 11.4 Å². The Kier molecular flexibility index (Phi) is 19.2. The summed E-state index contributed by atoms with van der Waals surface area (Å²) in [6, 6.07) is 20.2. The van der Waals surface area contributed by atoms with Crippen LogP contribution in [0.15, 0.2) is 110 Å². The second kappa shape index (κ2) is 22.1. The van der Waals surface area contributed by atoms with E-state index in [1.807, 2.05) is 43.0 Å². The molecule has 0 radical (unpaired) electrons. The zero-order chi connectivity index (χ0) is 38.9. The van der Waals surface area contributed by atoms with E-state index in [0.29, 0.717) is 6.07 Å². The van der Waals surface area contributed by atoms with E-state index in [9.17, 15) is 35.1 Å². The van der Waals surface area contributed by atoms with Crippen molar-refractivity contribution in [3.63, 3.8) is 0 Å². The van der Waals surface area contributed by atoms with E-state index in [1.54, 1.807) is 18.5 Å². The molecule has 0 atom stereocenters. The number of hydrogen-bond donors (Lipinski definition) is 0. The Morgan fingerprint density at radius 2 is 0.962 bits per heavy atom. The molecular weight excluding hydrogens is 746 g/mol. The Morgan fingerprint density at radius 3 is 1.32 bits per heavy atom. The Bertz CT molecular complexity index is 1830. The smallest absolute Gasteiger partial charge is 0.252 e. The van der Waals surface area contributed by atoms with Crippen molar-refractivity contribution in [1.29, 1.82) is 0 Å². The van der Waals surface area contributed by atoms with Crippen LogP contribution in [0.2, 0.25) is 0 Å². The first-order valence-electron chi connectivity index (χ1n) is 15.4. The molecule has 0 aliphatic heterocycles. The molecule has 0 saturated carbocycles. The summed E-state index contributed by atoms with van der Waals surface area (Å²) in [5, 5.41) is 0. The number of halogens is 8. The molecular formula is C39H36F8FeN5-. The molecule has 0 N–H and O–H groups in total. The number of benzene rings is 1. The van der Waals surface area contributed by atoms with Crippen molar-refractivity contribution in [2.75, 3.05) is 0 Å². The first-order valence-corrected chi connectivity index (χ1v) is 15.4. The second-order valence-corrected chi connectivity index (χ2v) is 12.5. The van der Waals surface area contributed by atoms with Crippen molar-refractivity contribution in [2.45, 2.75) is 52.4 Å². The molecule has 0 saturated heterocycles. The molecule has 0 amide bonds. The third-order valence-electron chi connectivity index (χ3n) is 6.47. The van der Waals surface area contributed by atoms with Crippen LogP contribution in [0.4, 0.5) is 35.1 Å².